The molecule has 0 saturated carbocycles. The third kappa shape index (κ3) is 3.23. The van der Waals surface area contributed by atoms with Gasteiger partial charge >= 0.3 is 5.97 Å². The number of carbonyl (C=O) groups excluding carboxylic acids is 1. The molecule has 0 saturated heterocycles. The first kappa shape index (κ1) is 13.8. The van der Waals surface area contributed by atoms with E-state index >= 15 is 0 Å². The number of methoxy groups -OCH3 is 1. The fourth-order valence-corrected chi connectivity index (χ4v) is 2.17. The van der Waals surface area contributed by atoms with Crippen LogP contribution in [0.2, 0.25) is 0 Å². The lowest BCUT2D eigenvalue weighted by atomic mass is 10.1. The summed E-state index contributed by atoms with van der Waals surface area (Å²) in [5.41, 5.74) is 1.15. The molecule has 1 heterocycles. The summed E-state index contributed by atoms with van der Waals surface area (Å²) in [5.74, 6) is 0.579. The van der Waals surface area contributed by atoms with E-state index in [2.05, 4.69) is 20.9 Å². The molecule has 1 aromatic heterocycles. The van der Waals surface area contributed by atoms with E-state index in [9.17, 15) is 4.79 Å². The van der Waals surface area contributed by atoms with Crippen molar-refractivity contribution in [3.05, 3.63) is 52.5 Å². The number of nitrogens with zero attached hydrogens (tertiary/aromatic N) is 2. The highest BCUT2D eigenvalue weighted by molar-refractivity contribution is 9.10. The predicted octanol–water partition coefficient (Wildman–Crippen LogP) is 2.97. The van der Waals surface area contributed by atoms with Crippen LogP contribution < -0.4 is 0 Å². The van der Waals surface area contributed by atoms with Crippen molar-refractivity contribution in [2.75, 3.05) is 7.11 Å². The number of rotatable bonds is 4. The Morgan fingerprint density at radius 2 is 2.11 bits per heavy atom. The SMILES string of the molecule is COC(=O)C(C)n1ccnc1Cc1ccc(Br)cc1. The average Bonchev–Trinajstić information content (AvgIpc) is 2.87. The van der Waals surface area contributed by atoms with Crippen LogP contribution in [0.25, 0.3) is 0 Å². The number of hydrogen-bond acceptors (Lipinski definition) is 3. The highest BCUT2D eigenvalue weighted by atomic mass is 79.9. The number of esters is 1. The maximum Gasteiger partial charge on any atom is 0.328 e. The van der Waals surface area contributed by atoms with Gasteiger partial charge in [-0.1, -0.05) is 28.1 Å². The molecule has 4 nitrogen and oxygen atoms in total. The molecule has 2 aromatic rings. The summed E-state index contributed by atoms with van der Waals surface area (Å²) in [4.78, 5) is 15.9. The molecule has 0 fully saturated rings. The second-order valence-corrected chi connectivity index (χ2v) is 5.17. The van der Waals surface area contributed by atoms with Crippen LogP contribution in [0.1, 0.15) is 24.4 Å². The predicted molar refractivity (Wildman–Crippen MR) is 75.9 cm³/mol. The van der Waals surface area contributed by atoms with Gasteiger partial charge in [-0.15, -0.1) is 0 Å². The summed E-state index contributed by atoms with van der Waals surface area (Å²) in [6.45, 7) is 1.80. The Bertz CT molecular complexity index is 563. The van der Waals surface area contributed by atoms with Crippen LogP contribution in [0, 0.1) is 0 Å². The Morgan fingerprint density at radius 1 is 1.42 bits per heavy atom. The van der Waals surface area contributed by atoms with Crippen molar-refractivity contribution < 1.29 is 9.53 Å². The van der Waals surface area contributed by atoms with Crippen molar-refractivity contribution in [1.82, 2.24) is 9.55 Å². The van der Waals surface area contributed by atoms with Gasteiger partial charge < -0.3 is 9.30 Å². The van der Waals surface area contributed by atoms with E-state index in [0.717, 1.165) is 15.9 Å². The van der Waals surface area contributed by atoms with E-state index in [-0.39, 0.29) is 12.0 Å². The lowest BCUT2D eigenvalue weighted by Crippen LogP contribution is -2.19. The van der Waals surface area contributed by atoms with E-state index in [0.29, 0.717) is 6.42 Å². The Kier molecular flexibility index (Phi) is 4.37. The van der Waals surface area contributed by atoms with E-state index in [1.165, 1.54) is 7.11 Å². The minimum atomic E-state index is -0.363. The number of benzene rings is 1. The molecule has 0 bridgehead atoms. The van der Waals surface area contributed by atoms with Crippen molar-refractivity contribution in [1.29, 1.82) is 0 Å². The van der Waals surface area contributed by atoms with Crippen LogP contribution in [-0.4, -0.2) is 22.6 Å². The molecule has 1 atom stereocenters. The van der Waals surface area contributed by atoms with E-state index in [1.807, 2.05) is 28.8 Å². The van der Waals surface area contributed by atoms with Gasteiger partial charge in [-0.05, 0) is 24.6 Å². The zero-order chi connectivity index (χ0) is 13.8. The van der Waals surface area contributed by atoms with Crippen LogP contribution in [-0.2, 0) is 16.0 Å². The van der Waals surface area contributed by atoms with Crippen LogP contribution >= 0.6 is 15.9 Å². The first-order valence-electron chi connectivity index (χ1n) is 5.96. The van der Waals surface area contributed by atoms with Gasteiger partial charge in [0.05, 0.1) is 7.11 Å². The highest BCUT2D eigenvalue weighted by Gasteiger charge is 2.18. The van der Waals surface area contributed by atoms with Gasteiger partial charge in [0.25, 0.3) is 0 Å². The van der Waals surface area contributed by atoms with Crippen molar-refractivity contribution >= 4 is 21.9 Å². The van der Waals surface area contributed by atoms with Crippen molar-refractivity contribution in [2.24, 2.45) is 0 Å². The van der Waals surface area contributed by atoms with E-state index in [1.54, 1.807) is 19.3 Å². The van der Waals surface area contributed by atoms with Crippen LogP contribution in [0.3, 0.4) is 0 Å². The summed E-state index contributed by atoms with van der Waals surface area (Å²) in [7, 11) is 1.39. The molecular formula is C14H15BrN2O2. The molecule has 100 valence electrons. The van der Waals surface area contributed by atoms with Gasteiger partial charge in [-0.3, -0.25) is 0 Å². The van der Waals surface area contributed by atoms with E-state index < -0.39 is 0 Å². The number of imidazole rings is 1. The second kappa shape index (κ2) is 6.02. The van der Waals surface area contributed by atoms with Gasteiger partial charge in [0.1, 0.15) is 11.9 Å². The second-order valence-electron chi connectivity index (χ2n) is 4.25. The third-order valence-corrected chi connectivity index (χ3v) is 3.51. The number of ether oxygens (including phenoxy) is 1. The average molecular weight is 323 g/mol. The molecule has 0 aliphatic rings. The molecule has 19 heavy (non-hydrogen) atoms. The molecule has 0 spiro atoms. The normalized spacial score (nSPS) is 12.2. The third-order valence-electron chi connectivity index (χ3n) is 2.98. The lowest BCUT2D eigenvalue weighted by molar-refractivity contribution is -0.144. The minimum Gasteiger partial charge on any atom is -0.467 e. The Labute approximate surface area is 120 Å². The molecule has 1 aromatic carbocycles. The van der Waals surface area contributed by atoms with E-state index in [4.69, 9.17) is 4.74 Å². The molecule has 5 heteroatoms. The summed E-state index contributed by atoms with van der Waals surface area (Å²) < 4.78 is 7.65. The fourth-order valence-electron chi connectivity index (χ4n) is 1.90. The highest BCUT2D eigenvalue weighted by Crippen LogP contribution is 2.16. The quantitative estimate of drug-likeness (QED) is 0.813. The minimum absolute atomic E-state index is 0.268. The zero-order valence-electron chi connectivity index (χ0n) is 10.8. The van der Waals surface area contributed by atoms with Crippen molar-refractivity contribution in [2.45, 2.75) is 19.4 Å². The Balaban J connectivity index is 2.20. The van der Waals surface area contributed by atoms with Crippen LogP contribution in [0.4, 0.5) is 0 Å². The monoisotopic (exact) mass is 322 g/mol. The molecule has 0 aliphatic heterocycles. The lowest BCUT2D eigenvalue weighted by Gasteiger charge is -2.14. The largest absolute Gasteiger partial charge is 0.467 e. The standard InChI is InChI=1S/C14H15BrN2O2/c1-10(14(18)19-2)17-8-7-16-13(17)9-11-3-5-12(15)6-4-11/h3-8,10H,9H2,1-2H3. The number of aromatic nitrogens is 2. The maximum absolute atomic E-state index is 11.6. The number of hydrogen-bond donors (Lipinski definition) is 0. The van der Waals surface area contributed by atoms with Crippen molar-refractivity contribution in [3.8, 4) is 0 Å². The van der Waals surface area contributed by atoms with Crippen LogP contribution in [0.5, 0.6) is 0 Å². The molecule has 0 amide bonds. The van der Waals surface area contributed by atoms with Gasteiger partial charge in [0.2, 0.25) is 0 Å². The Hall–Kier alpha value is -1.62. The molecule has 1 unspecified atom stereocenters. The summed E-state index contributed by atoms with van der Waals surface area (Å²) in [5, 5.41) is 0. The zero-order valence-corrected chi connectivity index (χ0v) is 12.4. The Morgan fingerprint density at radius 3 is 2.74 bits per heavy atom. The maximum atomic E-state index is 11.6. The fraction of sp³-hybridized carbons (Fsp3) is 0.286. The van der Waals surface area contributed by atoms with Gasteiger partial charge in [0.15, 0.2) is 0 Å². The molecule has 2 rings (SSSR count). The summed E-state index contributed by atoms with van der Waals surface area (Å²) in [6.07, 6.45) is 4.19. The molecule has 0 radical (unpaired) electrons. The molecule has 0 aliphatic carbocycles. The van der Waals surface area contributed by atoms with Gasteiger partial charge in [0, 0.05) is 23.3 Å². The summed E-state index contributed by atoms with van der Waals surface area (Å²) >= 11 is 3.41. The van der Waals surface area contributed by atoms with Crippen LogP contribution in [0.15, 0.2) is 41.1 Å². The molecule has 0 N–H and O–H groups in total. The molecular weight excluding hydrogens is 308 g/mol. The smallest absolute Gasteiger partial charge is 0.328 e. The van der Waals surface area contributed by atoms with Gasteiger partial charge in [-0.2, -0.15) is 0 Å². The first-order chi connectivity index (χ1) is 9.11. The number of halogens is 1. The number of carbonyl (C=O) groups is 1. The van der Waals surface area contributed by atoms with Gasteiger partial charge in [-0.25, -0.2) is 9.78 Å². The van der Waals surface area contributed by atoms with Crippen molar-refractivity contribution in [3.63, 3.8) is 0 Å². The topological polar surface area (TPSA) is 44.1 Å². The summed E-state index contributed by atoms with van der Waals surface area (Å²) in [6, 6.07) is 7.69. The first-order valence-corrected chi connectivity index (χ1v) is 6.75.